The van der Waals surface area contributed by atoms with Crippen molar-refractivity contribution in [2.24, 2.45) is 23.7 Å². The molecule has 2 nitrogen and oxygen atoms in total. The van der Waals surface area contributed by atoms with Crippen LogP contribution in [0.2, 0.25) is 0 Å². The van der Waals surface area contributed by atoms with E-state index in [9.17, 15) is 4.79 Å². The molecule has 3 unspecified atom stereocenters. The second kappa shape index (κ2) is 2.60. The Bertz CT molecular complexity index is 286. The van der Waals surface area contributed by atoms with Gasteiger partial charge in [-0.2, -0.15) is 0 Å². The van der Waals surface area contributed by atoms with Crippen LogP contribution >= 0.6 is 0 Å². The number of ether oxygens (including phenoxy) is 1. The minimum atomic E-state index is -0.132. The Kier molecular flexibility index (Phi) is 1.65. The summed E-state index contributed by atoms with van der Waals surface area (Å²) in [6, 6.07) is 0. The maximum absolute atomic E-state index is 12.1. The van der Waals surface area contributed by atoms with Gasteiger partial charge >= 0.3 is 0 Å². The molecule has 2 bridgehead atoms. The van der Waals surface area contributed by atoms with Gasteiger partial charge in [-0.3, -0.25) is 4.79 Å². The fraction of sp³-hybridized carbons (Fsp3) is 0.917. The molecule has 2 heteroatoms. The molecule has 0 aromatic heterocycles. The molecule has 0 spiro atoms. The lowest BCUT2D eigenvalue weighted by atomic mass is 9.74. The summed E-state index contributed by atoms with van der Waals surface area (Å²) in [6.45, 7) is 2.13. The fourth-order valence-corrected chi connectivity index (χ4v) is 4.36. The van der Waals surface area contributed by atoms with Gasteiger partial charge in [0, 0.05) is 18.9 Å². The van der Waals surface area contributed by atoms with Crippen molar-refractivity contribution in [2.75, 3.05) is 7.11 Å². The molecule has 5 atom stereocenters. The van der Waals surface area contributed by atoms with Crippen molar-refractivity contribution in [3.8, 4) is 0 Å². The first-order valence-corrected chi connectivity index (χ1v) is 5.76. The monoisotopic (exact) mass is 194 g/mol. The number of hydrogen-bond acceptors (Lipinski definition) is 2. The molecule has 0 aliphatic heterocycles. The van der Waals surface area contributed by atoms with Crippen LogP contribution in [-0.2, 0) is 9.53 Å². The van der Waals surface area contributed by atoms with Gasteiger partial charge in [-0.25, -0.2) is 0 Å². The Hall–Kier alpha value is -0.370. The Balaban J connectivity index is 1.99. The standard InChI is InChI=1S/C12H18O2/c1-12(14-2)6-9-7-4-3-5-8(7)10(12)11(9)13/h7-10H,3-6H2,1-2H3/t7?,8?,9-,10+,12?/m1/s1. The number of ketones is 1. The molecule has 3 rings (SSSR count). The molecule has 0 amide bonds. The number of rotatable bonds is 1. The van der Waals surface area contributed by atoms with Gasteiger partial charge in [-0.1, -0.05) is 6.42 Å². The predicted octanol–water partition coefficient (Wildman–Crippen LogP) is 2.03. The van der Waals surface area contributed by atoms with Crippen molar-refractivity contribution in [1.82, 2.24) is 0 Å². The summed E-state index contributed by atoms with van der Waals surface area (Å²) >= 11 is 0. The van der Waals surface area contributed by atoms with Gasteiger partial charge in [0.05, 0.1) is 5.60 Å². The van der Waals surface area contributed by atoms with E-state index in [1.807, 2.05) is 0 Å². The minimum absolute atomic E-state index is 0.132. The van der Waals surface area contributed by atoms with E-state index >= 15 is 0 Å². The van der Waals surface area contributed by atoms with Crippen molar-refractivity contribution in [2.45, 2.75) is 38.2 Å². The molecule has 0 radical (unpaired) electrons. The molecule has 0 N–H and O–H groups in total. The van der Waals surface area contributed by atoms with Crippen LogP contribution in [0.3, 0.4) is 0 Å². The van der Waals surface area contributed by atoms with E-state index in [0.717, 1.165) is 12.3 Å². The van der Waals surface area contributed by atoms with Gasteiger partial charge in [0.15, 0.2) is 0 Å². The Labute approximate surface area is 85.0 Å². The Morgan fingerprint density at radius 2 is 2.07 bits per heavy atom. The third-order valence-electron chi connectivity index (χ3n) is 4.99. The number of methoxy groups -OCH3 is 1. The minimum Gasteiger partial charge on any atom is -0.378 e. The summed E-state index contributed by atoms with van der Waals surface area (Å²) in [6.07, 6.45) is 4.86. The predicted molar refractivity (Wildman–Crippen MR) is 52.8 cm³/mol. The average Bonchev–Trinajstić information content (AvgIpc) is 2.77. The zero-order valence-corrected chi connectivity index (χ0v) is 8.95. The molecule has 0 aromatic rings. The molecule has 0 heterocycles. The number of carbonyl (C=O) groups is 1. The zero-order chi connectivity index (χ0) is 9.92. The van der Waals surface area contributed by atoms with E-state index < -0.39 is 0 Å². The molecule has 3 fully saturated rings. The van der Waals surface area contributed by atoms with Gasteiger partial charge in [0.1, 0.15) is 5.78 Å². The summed E-state index contributed by atoms with van der Waals surface area (Å²) in [5, 5.41) is 0. The number of Topliss-reactive ketones (excluding diaryl/α,β-unsaturated/α-hetero) is 1. The van der Waals surface area contributed by atoms with Gasteiger partial charge < -0.3 is 4.74 Å². The lowest BCUT2D eigenvalue weighted by Gasteiger charge is -2.37. The van der Waals surface area contributed by atoms with Crippen LogP contribution in [-0.4, -0.2) is 18.5 Å². The molecule has 3 saturated carbocycles. The van der Waals surface area contributed by atoms with E-state index in [0.29, 0.717) is 17.6 Å². The van der Waals surface area contributed by atoms with Crippen LogP contribution in [0.1, 0.15) is 32.6 Å². The van der Waals surface area contributed by atoms with Gasteiger partial charge in [0.2, 0.25) is 0 Å². The second-order valence-electron chi connectivity index (χ2n) is 5.47. The van der Waals surface area contributed by atoms with E-state index in [-0.39, 0.29) is 11.5 Å². The maximum atomic E-state index is 12.1. The lowest BCUT2D eigenvalue weighted by Crippen LogP contribution is -2.41. The molecule has 3 aliphatic rings. The molecular weight excluding hydrogens is 176 g/mol. The SMILES string of the molecule is COC1(C)C[C@H]2C(=O)[C@@H]1C1CCCC12. The maximum Gasteiger partial charge on any atom is 0.142 e. The van der Waals surface area contributed by atoms with Crippen molar-refractivity contribution in [1.29, 1.82) is 0 Å². The highest BCUT2D eigenvalue weighted by atomic mass is 16.5. The Morgan fingerprint density at radius 3 is 2.79 bits per heavy atom. The normalized spacial score (nSPS) is 55.4. The van der Waals surface area contributed by atoms with Crippen LogP contribution in [0.15, 0.2) is 0 Å². The highest BCUT2D eigenvalue weighted by Gasteiger charge is 2.64. The average molecular weight is 194 g/mol. The highest BCUT2D eigenvalue weighted by Crippen LogP contribution is 2.61. The zero-order valence-electron chi connectivity index (χ0n) is 8.95. The lowest BCUT2D eigenvalue weighted by molar-refractivity contribution is -0.126. The molecular formula is C12H18O2. The van der Waals surface area contributed by atoms with E-state index in [2.05, 4.69) is 6.92 Å². The van der Waals surface area contributed by atoms with Crippen LogP contribution in [0, 0.1) is 23.7 Å². The second-order valence-corrected chi connectivity index (χ2v) is 5.47. The van der Waals surface area contributed by atoms with Gasteiger partial charge in [-0.05, 0) is 38.0 Å². The smallest absolute Gasteiger partial charge is 0.142 e. The van der Waals surface area contributed by atoms with Crippen molar-refractivity contribution < 1.29 is 9.53 Å². The number of fused-ring (bicyclic) bond motifs is 5. The molecule has 78 valence electrons. The molecule has 14 heavy (non-hydrogen) atoms. The van der Waals surface area contributed by atoms with Gasteiger partial charge in [0.25, 0.3) is 0 Å². The number of hydrogen-bond donors (Lipinski definition) is 0. The van der Waals surface area contributed by atoms with Crippen LogP contribution in [0.4, 0.5) is 0 Å². The Morgan fingerprint density at radius 1 is 1.36 bits per heavy atom. The first-order valence-electron chi connectivity index (χ1n) is 5.76. The summed E-state index contributed by atoms with van der Waals surface area (Å²) in [5.74, 6) is 2.47. The summed E-state index contributed by atoms with van der Waals surface area (Å²) in [5.41, 5.74) is -0.132. The summed E-state index contributed by atoms with van der Waals surface area (Å²) in [4.78, 5) is 12.1. The largest absolute Gasteiger partial charge is 0.378 e. The van der Waals surface area contributed by atoms with E-state index in [4.69, 9.17) is 4.74 Å². The molecule has 3 aliphatic carbocycles. The summed E-state index contributed by atoms with van der Waals surface area (Å²) < 4.78 is 5.59. The van der Waals surface area contributed by atoms with Crippen LogP contribution in [0.25, 0.3) is 0 Å². The van der Waals surface area contributed by atoms with Crippen LogP contribution < -0.4 is 0 Å². The molecule has 0 aromatic carbocycles. The first-order chi connectivity index (χ1) is 6.67. The third-order valence-corrected chi connectivity index (χ3v) is 4.99. The quantitative estimate of drug-likeness (QED) is 0.638. The van der Waals surface area contributed by atoms with Gasteiger partial charge in [-0.15, -0.1) is 0 Å². The van der Waals surface area contributed by atoms with E-state index in [1.165, 1.54) is 19.3 Å². The number of carbonyl (C=O) groups excluding carboxylic acids is 1. The van der Waals surface area contributed by atoms with Crippen LogP contribution in [0.5, 0.6) is 0 Å². The highest BCUT2D eigenvalue weighted by molar-refractivity contribution is 5.90. The fourth-order valence-electron chi connectivity index (χ4n) is 4.36. The van der Waals surface area contributed by atoms with Crippen molar-refractivity contribution >= 4 is 5.78 Å². The molecule has 0 saturated heterocycles. The van der Waals surface area contributed by atoms with Crippen molar-refractivity contribution in [3.05, 3.63) is 0 Å². The third kappa shape index (κ3) is 0.837. The summed E-state index contributed by atoms with van der Waals surface area (Å²) in [7, 11) is 1.76. The first kappa shape index (κ1) is 8.90. The van der Waals surface area contributed by atoms with E-state index in [1.54, 1.807) is 7.11 Å². The topological polar surface area (TPSA) is 26.3 Å². The van der Waals surface area contributed by atoms with Crippen molar-refractivity contribution in [3.63, 3.8) is 0 Å².